The summed E-state index contributed by atoms with van der Waals surface area (Å²) >= 11 is 0. The first-order valence-corrected chi connectivity index (χ1v) is 7.36. The number of likely N-dealkylation sites (tertiary alicyclic amines) is 1. The second-order valence-electron chi connectivity index (χ2n) is 6.62. The molecule has 1 N–H and O–H groups in total. The van der Waals surface area contributed by atoms with E-state index in [9.17, 15) is 0 Å². The van der Waals surface area contributed by atoms with Gasteiger partial charge in [0, 0.05) is 17.3 Å². The first-order chi connectivity index (χ1) is 9.54. The third-order valence-corrected chi connectivity index (χ3v) is 3.98. The molecular weight excluding hydrogens is 250 g/mol. The van der Waals surface area contributed by atoms with Crippen LogP contribution in [0, 0.1) is 0 Å². The van der Waals surface area contributed by atoms with Gasteiger partial charge in [-0.2, -0.15) is 0 Å². The number of hydrogen-bond donors (Lipinski definition) is 1. The van der Waals surface area contributed by atoms with Crippen LogP contribution in [-0.2, 0) is 12.0 Å². The number of nitrogens with zero attached hydrogens (tertiary/aromatic N) is 2. The highest BCUT2D eigenvalue weighted by atomic mass is 16.4. The minimum atomic E-state index is 0.0229. The van der Waals surface area contributed by atoms with Crippen molar-refractivity contribution in [1.29, 1.82) is 0 Å². The van der Waals surface area contributed by atoms with Gasteiger partial charge in [0.15, 0.2) is 0 Å². The van der Waals surface area contributed by atoms with Crippen molar-refractivity contribution in [2.24, 2.45) is 0 Å². The van der Waals surface area contributed by atoms with Crippen LogP contribution < -0.4 is 0 Å². The van der Waals surface area contributed by atoms with Gasteiger partial charge in [-0.05, 0) is 31.5 Å². The van der Waals surface area contributed by atoms with Crippen molar-refractivity contribution < 1.29 is 4.42 Å². The van der Waals surface area contributed by atoms with Crippen LogP contribution in [-0.4, -0.2) is 21.4 Å². The summed E-state index contributed by atoms with van der Waals surface area (Å²) in [5.74, 6) is 1.79. The Morgan fingerprint density at radius 1 is 1.45 bits per heavy atom. The van der Waals surface area contributed by atoms with Gasteiger partial charge in [0.1, 0.15) is 5.76 Å². The Morgan fingerprint density at radius 3 is 2.95 bits per heavy atom. The van der Waals surface area contributed by atoms with Gasteiger partial charge in [-0.15, -0.1) is 0 Å². The van der Waals surface area contributed by atoms with Crippen molar-refractivity contribution in [2.75, 3.05) is 6.54 Å². The molecule has 0 saturated carbocycles. The molecule has 1 saturated heterocycles. The second kappa shape index (κ2) is 5.09. The minimum absolute atomic E-state index is 0.0229. The average Bonchev–Trinajstić information content (AvgIpc) is 3.08. The van der Waals surface area contributed by atoms with E-state index in [-0.39, 0.29) is 5.41 Å². The third-order valence-electron chi connectivity index (χ3n) is 3.98. The summed E-state index contributed by atoms with van der Waals surface area (Å²) in [5, 5.41) is 0. The zero-order valence-corrected chi connectivity index (χ0v) is 12.5. The van der Waals surface area contributed by atoms with Gasteiger partial charge in [-0.1, -0.05) is 20.8 Å². The lowest BCUT2D eigenvalue weighted by atomic mass is 9.94. The fourth-order valence-corrected chi connectivity index (χ4v) is 2.82. The highest BCUT2D eigenvalue weighted by molar-refractivity contribution is 5.11. The average molecular weight is 273 g/mol. The Morgan fingerprint density at radius 2 is 2.30 bits per heavy atom. The number of H-pyrrole nitrogens is 1. The van der Waals surface area contributed by atoms with Crippen LogP contribution >= 0.6 is 0 Å². The molecule has 1 atom stereocenters. The molecule has 1 fully saturated rings. The van der Waals surface area contributed by atoms with Gasteiger partial charge in [0.25, 0.3) is 0 Å². The first kappa shape index (κ1) is 13.4. The lowest BCUT2D eigenvalue weighted by molar-refractivity contribution is 0.215. The van der Waals surface area contributed by atoms with E-state index in [1.54, 1.807) is 0 Å². The smallest absolute Gasteiger partial charge is 0.208 e. The van der Waals surface area contributed by atoms with Gasteiger partial charge < -0.3 is 9.40 Å². The van der Waals surface area contributed by atoms with Gasteiger partial charge in [0.2, 0.25) is 5.89 Å². The van der Waals surface area contributed by atoms with E-state index >= 15 is 0 Å². The van der Waals surface area contributed by atoms with E-state index in [1.165, 1.54) is 18.5 Å². The fourth-order valence-electron chi connectivity index (χ4n) is 2.82. The van der Waals surface area contributed by atoms with Crippen LogP contribution in [0.1, 0.15) is 57.0 Å². The second-order valence-corrected chi connectivity index (χ2v) is 6.62. The van der Waals surface area contributed by atoms with Crippen LogP contribution in [0.4, 0.5) is 0 Å². The quantitative estimate of drug-likeness (QED) is 0.928. The van der Waals surface area contributed by atoms with E-state index in [4.69, 9.17) is 4.42 Å². The van der Waals surface area contributed by atoms with Crippen LogP contribution in [0.2, 0.25) is 0 Å². The highest BCUT2D eigenvalue weighted by Gasteiger charge is 2.28. The maximum absolute atomic E-state index is 5.91. The number of rotatable bonds is 3. The molecule has 2 aromatic heterocycles. The predicted molar refractivity (Wildman–Crippen MR) is 78.4 cm³/mol. The number of nitrogens with one attached hydrogen (secondary N) is 1. The Kier molecular flexibility index (Phi) is 3.42. The van der Waals surface area contributed by atoms with E-state index in [0.717, 1.165) is 24.7 Å². The van der Waals surface area contributed by atoms with Gasteiger partial charge in [-0.25, -0.2) is 4.98 Å². The van der Waals surface area contributed by atoms with Gasteiger partial charge in [0.05, 0.1) is 18.8 Å². The molecule has 1 aliphatic rings. The number of aromatic amines is 1. The molecule has 0 radical (unpaired) electrons. The summed E-state index contributed by atoms with van der Waals surface area (Å²) < 4.78 is 5.91. The minimum Gasteiger partial charge on any atom is -0.444 e. The number of oxazole rings is 1. The lowest BCUT2D eigenvalue weighted by Crippen LogP contribution is -2.23. The summed E-state index contributed by atoms with van der Waals surface area (Å²) in [7, 11) is 0. The van der Waals surface area contributed by atoms with Crippen LogP contribution in [0.5, 0.6) is 0 Å². The summed E-state index contributed by atoms with van der Waals surface area (Å²) in [6.45, 7) is 8.34. The summed E-state index contributed by atoms with van der Waals surface area (Å²) in [4.78, 5) is 10.2. The highest BCUT2D eigenvalue weighted by Crippen LogP contribution is 2.32. The number of hydrogen-bond acceptors (Lipinski definition) is 3. The first-order valence-electron chi connectivity index (χ1n) is 7.36. The largest absolute Gasteiger partial charge is 0.444 e. The summed E-state index contributed by atoms with van der Waals surface area (Å²) in [6, 6.07) is 4.70. The normalized spacial score (nSPS) is 20.6. The van der Waals surface area contributed by atoms with Crippen molar-refractivity contribution in [3.05, 3.63) is 41.9 Å². The number of aromatic nitrogens is 2. The van der Waals surface area contributed by atoms with Crippen LogP contribution in [0.15, 0.2) is 28.9 Å². The lowest BCUT2D eigenvalue weighted by Gasteiger charge is -2.22. The van der Waals surface area contributed by atoms with E-state index in [2.05, 4.69) is 47.8 Å². The molecule has 0 amide bonds. The standard InChI is InChI=1S/C16H23N3O/c1-16(2,3)14-10-18-15(20-14)11-19-9-5-7-13(19)12-6-4-8-17-12/h4,6,8,10,13,17H,5,7,9,11H2,1-3H3/t13-/m1/s1. The maximum Gasteiger partial charge on any atom is 0.208 e. The third kappa shape index (κ3) is 2.66. The van der Waals surface area contributed by atoms with Crippen molar-refractivity contribution in [1.82, 2.24) is 14.9 Å². The molecule has 1 aliphatic heterocycles. The van der Waals surface area contributed by atoms with Crippen molar-refractivity contribution in [3.63, 3.8) is 0 Å². The molecular formula is C16H23N3O. The SMILES string of the molecule is CC(C)(C)c1cnc(CN2CCC[C@@H]2c2ccc[nH]2)o1. The zero-order valence-electron chi connectivity index (χ0n) is 12.5. The Hall–Kier alpha value is -1.55. The molecule has 3 rings (SSSR count). The van der Waals surface area contributed by atoms with E-state index in [1.807, 2.05) is 12.4 Å². The molecule has 0 aromatic carbocycles. The van der Waals surface area contributed by atoms with Gasteiger partial charge in [-0.3, -0.25) is 4.90 Å². The molecule has 4 heteroatoms. The Balaban J connectivity index is 1.72. The van der Waals surface area contributed by atoms with Crippen molar-refractivity contribution >= 4 is 0 Å². The predicted octanol–water partition coefficient (Wildman–Crippen LogP) is 3.64. The molecule has 4 nitrogen and oxygen atoms in total. The van der Waals surface area contributed by atoms with Gasteiger partial charge >= 0.3 is 0 Å². The van der Waals surface area contributed by atoms with Crippen LogP contribution in [0.3, 0.4) is 0 Å². The zero-order chi connectivity index (χ0) is 14.2. The molecule has 2 aromatic rings. The Labute approximate surface area is 120 Å². The van der Waals surface area contributed by atoms with Crippen molar-refractivity contribution in [3.8, 4) is 0 Å². The van der Waals surface area contributed by atoms with E-state index < -0.39 is 0 Å². The molecule has 0 spiro atoms. The fraction of sp³-hybridized carbons (Fsp3) is 0.562. The van der Waals surface area contributed by atoms with Crippen molar-refractivity contribution in [2.45, 2.75) is 51.6 Å². The molecule has 0 unspecified atom stereocenters. The van der Waals surface area contributed by atoms with Crippen LogP contribution in [0.25, 0.3) is 0 Å². The molecule has 3 heterocycles. The van der Waals surface area contributed by atoms with E-state index in [0.29, 0.717) is 6.04 Å². The Bertz CT molecular complexity index is 551. The maximum atomic E-state index is 5.91. The molecule has 0 aliphatic carbocycles. The molecule has 108 valence electrons. The molecule has 0 bridgehead atoms. The topological polar surface area (TPSA) is 45.1 Å². The summed E-state index contributed by atoms with van der Waals surface area (Å²) in [5.41, 5.74) is 1.32. The molecule has 20 heavy (non-hydrogen) atoms. The monoisotopic (exact) mass is 273 g/mol. The summed E-state index contributed by atoms with van der Waals surface area (Å²) in [6.07, 6.45) is 6.30.